The van der Waals surface area contributed by atoms with E-state index in [1.54, 1.807) is 6.07 Å². The van der Waals surface area contributed by atoms with Gasteiger partial charge < -0.3 is 14.9 Å². The lowest BCUT2D eigenvalue weighted by atomic mass is 10.1. The van der Waals surface area contributed by atoms with Gasteiger partial charge in [-0.3, -0.25) is 0 Å². The summed E-state index contributed by atoms with van der Waals surface area (Å²) in [6.45, 7) is 3.44. The molecule has 1 aliphatic rings. The molecule has 0 radical (unpaired) electrons. The first kappa shape index (κ1) is 11.7. The molecule has 92 valence electrons. The summed E-state index contributed by atoms with van der Waals surface area (Å²) in [6, 6.07) is 6.45. The molecule has 1 saturated heterocycles. The zero-order valence-corrected chi connectivity index (χ0v) is 9.64. The van der Waals surface area contributed by atoms with E-state index < -0.39 is 6.09 Å². The minimum Gasteiger partial charge on any atom is -0.465 e. The summed E-state index contributed by atoms with van der Waals surface area (Å²) >= 11 is 0. The number of rotatable bonds is 1. The van der Waals surface area contributed by atoms with Gasteiger partial charge in [0.25, 0.3) is 0 Å². The normalized spacial score (nSPS) is 20.5. The smallest absolute Gasteiger partial charge is 0.407 e. The highest BCUT2D eigenvalue weighted by atomic mass is 19.1. The SMILES string of the molecule is CC1CN(C(=O)O)CCN1c1cccc(F)c1. The first-order valence-electron chi connectivity index (χ1n) is 5.58. The van der Waals surface area contributed by atoms with Crippen LogP contribution in [0, 0.1) is 5.82 Å². The van der Waals surface area contributed by atoms with Crippen LogP contribution in [0.5, 0.6) is 0 Å². The number of benzene rings is 1. The minimum atomic E-state index is -0.893. The van der Waals surface area contributed by atoms with Gasteiger partial charge in [-0.25, -0.2) is 9.18 Å². The molecule has 1 N–H and O–H groups in total. The lowest BCUT2D eigenvalue weighted by molar-refractivity contribution is 0.136. The second kappa shape index (κ2) is 4.61. The molecule has 2 rings (SSSR count). The van der Waals surface area contributed by atoms with E-state index in [1.807, 2.05) is 17.9 Å². The topological polar surface area (TPSA) is 43.8 Å². The Bertz CT molecular complexity index is 425. The van der Waals surface area contributed by atoms with Crippen LogP contribution in [0.15, 0.2) is 24.3 Å². The number of hydrogen-bond acceptors (Lipinski definition) is 2. The first-order valence-corrected chi connectivity index (χ1v) is 5.58. The van der Waals surface area contributed by atoms with E-state index in [-0.39, 0.29) is 11.9 Å². The van der Waals surface area contributed by atoms with Gasteiger partial charge in [0.2, 0.25) is 0 Å². The summed E-state index contributed by atoms with van der Waals surface area (Å²) < 4.78 is 13.1. The summed E-state index contributed by atoms with van der Waals surface area (Å²) in [5, 5.41) is 8.90. The van der Waals surface area contributed by atoms with E-state index in [2.05, 4.69) is 0 Å². The van der Waals surface area contributed by atoms with Crippen molar-refractivity contribution < 1.29 is 14.3 Å². The average molecular weight is 238 g/mol. The van der Waals surface area contributed by atoms with Gasteiger partial charge in [0.1, 0.15) is 5.82 Å². The van der Waals surface area contributed by atoms with E-state index in [0.717, 1.165) is 5.69 Å². The van der Waals surface area contributed by atoms with Gasteiger partial charge in [-0.05, 0) is 25.1 Å². The van der Waals surface area contributed by atoms with Crippen molar-refractivity contribution in [1.29, 1.82) is 0 Å². The van der Waals surface area contributed by atoms with Crippen LogP contribution >= 0.6 is 0 Å². The Morgan fingerprint density at radius 3 is 2.82 bits per heavy atom. The standard InChI is InChI=1S/C12H15FN2O2/c1-9-8-14(12(16)17)5-6-15(9)11-4-2-3-10(13)7-11/h2-4,7,9H,5-6,8H2,1H3,(H,16,17). The monoisotopic (exact) mass is 238 g/mol. The maximum atomic E-state index is 13.1. The average Bonchev–Trinajstić information content (AvgIpc) is 2.28. The number of amides is 1. The van der Waals surface area contributed by atoms with Crippen molar-refractivity contribution in [3.05, 3.63) is 30.1 Å². The molecule has 0 aromatic heterocycles. The Balaban J connectivity index is 2.12. The van der Waals surface area contributed by atoms with E-state index in [9.17, 15) is 9.18 Å². The molecular weight excluding hydrogens is 223 g/mol. The van der Waals surface area contributed by atoms with Crippen LogP contribution in [0.25, 0.3) is 0 Å². The van der Waals surface area contributed by atoms with Gasteiger partial charge in [-0.2, -0.15) is 0 Å². The second-order valence-corrected chi connectivity index (χ2v) is 4.25. The minimum absolute atomic E-state index is 0.0571. The Labute approximate surface area is 99.3 Å². The maximum absolute atomic E-state index is 13.1. The molecule has 17 heavy (non-hydrogen) atoms. The lowest BCUT2D eigenvalue weighted by Crippen LogP contribution is -2.53. The number of anilines is 1. The molecule has 1 aliphatic heterocycles. The van der Waals surface area contributed by atoms with Crippen molar-refractivity contribution in [2.24, 2.45) is 0 Å². The molecule has 5 heteroatoms. The van der Waals surface area contributed by atoms with Gasteiger partial charge in [0.15, 0.2) is 0 Å². The van der Waals surface area contributed by atoms with Crippen molar-refractivity contribution in [3.63, 3.8) is 0 Å². The largest absolute Gasteiger partial charge is 0.465 e. The lowest BCUT2D eigenvalue weighted by Gasteiger charge is -2.40. The van der Waals surface area contributed by atoms with Crippen LogP contribution in [0.3, 0.4) is 0 Å². The third kappa shape index (κ3) is 2.49. The summed E-state index contributed by atoms with van der Waals surface area (Å²) in [7, 11) is 0. The van der Waals surface area contributed by atoms with Gasteiger partial charge in [-0.15, -0.1) is 0 Å². The van der Waals surface area contributed by atoms with Crippen LogP contribution in [0.2, 0.25) is 0 Å². The highest BCUT2D eigenvalue weighted by molar-refractivity contribution is 5.65. The van der Waals surface area contributed by atoms with Crippen LogP contribution in [0.4, 0.5) is 14.9 Å². The number of piperazine rings is 1. The van der Waals surface area contributed by atoms with E-state index in [0.29, 0.717) is 19.6 Å². The van der Waals surface area contributed by atoms with Gasteiger partial charge in [0.05, 0.1) is 0 Å². The Morgan fingerprint density at radius 2 is 2.24 bits per heavy atom. The maximum Gasteiger partial charge on any atom is 0.407 e. The van der Waals surface area contributed by atoms with Crippen molar-refractivity contribution in [3.8, 4) is 0 Å². The molecule has 1 unspecified atom stereocenters. The molecule has 1 heterocycles. The molecule has 1 fully saturated rings. The summed E-state index contributed by atoms with van der Waals surface area (Å²) in [5.74, 6) is -0.268. The third-order valence-corrected chi connectivity index (χ3v) is 3.04. The van der Waals surface area contributed by atoms with Crippen LogP contribution in [-0.2, 0) is 0 Å². The first-order chi connectivity index (χ1) is 8.08. The molecule has 0 aliphatic carbocycles. The second-order valence-electron chi connectivity index (χ2n) is 4.25. The van der Waals surface area contributed by atoms with Gasteiger partial charge in [0, 0.05) is 31.4 Å². The zero-order valence-electron chi connectivity index (χ0n) is 9.64. The molecule has 1 aromatic carbocycles. The van der Waals surface area contributed by atoms with Crippen molar-refractivity contribution in [2.45, 2.75) is 13.0 Å². The molecule has 4 nitrogen and oxygen atoms in total. The fraction of sp³-hybridized carbons (Fsp3) is 0.417. The molecular formula is C12H15FN2O2. The number of halogens is 1. The number of carboxylic acid groups (broad SMARTS) is 1. The van der Waals surface area contributed by atoms with Crippen LogP contribution < -0.4 is 4.90 Å². The Hall–Kier alpha value is -1.78. The van der Waals surface area contributed by atoms with E-state index in [1.165, 1.54) is 17.0 Å². The quantitative estimate of drug-likeness (QED) is 0.814. The summed E-state index contributed by atoms with van der Waals surface area (Å²) in [4.78, 5) is 14.3. The van der Waals surface area contributed by atoms with Crippen molar-refractivity contribution in [1.82, 2.24) is 4.90 Å². The molecule has 0 bridgehead atoms. The number of hydrogen-bond donors (Lipinski definition) is 1. The van der Waals surface area contributed by atoms with Crippen molar-refractivity contribution >= 4 is 11.8 Å². The van der Waals surface area contributed by atoms with Crippen molar-refractivity contribution in [2.75, 3.05) is 24.5 Å². The summed E-state index contributed by atoms with van der Waals surface area (Å²) in [5.41, 5.74) is 0.808. The van der Waals surface area contributed by atoms with Gasteiger partial charge >= 0.3 is 6.09 Å². The molecule has 0 spiro atoms. The predicted octanol–water partition coefficient (Wildman–Crippen LogP) is 2.01. The van der Waals surface area contributed by atoms with Crippen LogP contribution in [0.1, 0.15) is 6.92 Å². The highest BCUT2D eigenvalue weighted by Gasteiger charge is 2.26. The third-order valence-electron chi connectivity index (χ3n) is 3.04. The van der Waals surface area contributed by atoms with E-state index in [4.69, 9.17) is 5.11 Å². The Morgan fingerprint density at radius 1 is 1.47 bits per heavy atom. The number of nitrogens with zero attached hydrogens (tertiary/aromatic N) is 2. The Kier molecular flexibility index (Phi) is 3.17. The van der Waals surface area contributed by atoms with Gasteiger partial charge in [-0.1, -0.05) is 6.07 Å². The zero-order chi connectivity index (χ0) is 12.4. The molecule has 1 amide bonds. The molecule has 0 saturated carbocycles. The summed E-state index contributed by atoms with van der Waals surface area (Å²) in [6.07, 6.45) is -0.893. The molecule has 1 aromatic rings. The fourth-order valence-corrected chi connectivity index (χ4v) is 2.17. The fourth-order valence-electron chi connectivity index (χ4n) is 2.17. The van der Waals surface area contributed by atoms with Crippen LogP contribution in [-0.4, -0.2) is 41.8 Å². The number of carbonyl (C=O) groups is 1. The molecule has 1 atom stereocenters. The van der Waals surface area contributed by atoms with E-state index >= 15 is 0 Å². The highest BCUT2D eigenvalue weighted by Crippen LogP contribution is 2.21. The predicted molar refractivity (Wildman–Crippen MR) is 62.8 cm³/mol.